The van der Waals surface area contributed by atoms with E-state index in [9.17, 15) is 4.79 Å². The Labute approximate surface area is 121 Å². The zero-order chi connectivity index (χ0) is 15.0. The minimum atomic E-state index is -0.0832. The first-order chi connectivity index (χ1) is 9.62. The highest BCUT2D eigenvalue weighted by atomic mass is 16.5. The van der Waals surface area contributed by atoms with Gasteiger partial charge in [-0.05, 0) is 31.4 Å². The molecule has 1 amide bonds. The van der Waals surface area contributed by atoms with E-state index in [1.165, 1.54) is 0 Å². The summed E-state index contributed by atoms with van der Waals surface area (Å²) in [4.78, 5) is 12.1. The Hall–Kier alpha value is -1.55. The van der Waals surface area contributed by atoms with Crippen LogP contribution in [0.4, 0.5) is 0 Å². The zero-order valence-corrected chi connectivity index (χ0v) is 12.7. The quantitative estimate of drug-likeness (QED) is 0.765. The Bertz CT molecular complexity index is 421. The molecule has 0 saturated heterocycles. The molecule has 1 aromatic rings. The van der Waals surface area contributed by atoms with Gasteiger partial charge in [0.2, 0.25) is 5.91 Å². The Morgan fingerprint density at radius 1 is 1.40 bits per heavy atom. The Morgan fingerprint density at radius 2 is 2.10 bits per heavy atom. The van der Waals surface area contributed by atoms with E-state index in [0.29, 0.717) is 6.54 Å². The molecule has 1 rings (SSSR count). The summed E-state index contributed by atoms with van der Waals surface area (Å²) in [5.41, 5.74) is 6.75. The largest absolute Gasteiger partial charge is 0.496 e. The van der Waals surface area contributed by atoms with Crippen molar-refractivity contribution in [3.63, 3.8) is 0 Å². The van der Waals surface area contributed by atoms with E-state index in [2.05, 4.69) is 12.2 Å². The number of rotatable bonds is 8. The molecule has 2 atom stereocenters. The first kappa shape index (κ1) is 16.5. The second kappa shape index (κ2) is 8.59. The molecule has 0 bridgehead atoms. The van der Waals surface area contributed by atoms with Crippen LogP contribution in [0.25, 0.3) is 0 Å². The van der Waals surface area contributed by atoms with Crippen molar-refractivity contribution in [3.05, 3.63) is 29.8 Å². The first-order valence-corrected chi connectivity index (χ1v) is 7.24. The van der Waals surface area contributed by atoms with Crippen LogP contribution in [0.3, 0.4) is 0 Å². The van der Waals surface area contributed by atoms with E-state index in [-0.39, 0.29) is 17.9 Å². The average Bonchev–Trinajstić information content (AvgIpc) is 2.45. The highest BCUT2D eigenvalue weighted by molar-refractivity contribution is 5.79. The number of ether oxygens (including phenoxy) is 1. The molecule has 0 fully saturated rings. The third-order valence-corrected chi connectivity index (χ3v) is 3.40. The summed E-state index contributed by atoms with van der Waals surface area (Å²) in [6.07, 6.45) is 2.55. The molecule has 112 valence electrons. The van der Waals surface area contributed by atoms with Gasteiger partial charge in [0.05, 0.1) is 13.0 Å². The van der Waals surface area contributed by atoms with Crippen molar-refractivity contribution in [2.45, 2.75) is 39.2 Å². The summed E-state index contributed by atoms with van der Waals surface area (Å²) < 4.78 is 5.33. The molecular weight excluding hydrogens is 252 g/mol. The van der Waals surface area contributed by atoms with Crippen molar-refractivity contribution in [3.8, 4) is 5.75 Å². The normalized spacial score (nSPS) is 13.6. The van der Waals surface area contributed by atoms with Crippen LogP contribution < -0.4 is 15.8 Å². The van der Waals surface area contributed by atoms with E-state index in [4.69, 9.17) is 10.5 Å². The first-order valence-electron chi connectivity index (χ1n) is 7.24. The van der Waals surface area contributed by atoms with Gasteiger partial charge in [0, 0.05) is 12.6 Å². The Kier molecular flexibility index (Phi) is 7.09. The third kappa shape index (κ3) is 4.85. The monoisotopic (exact) mass is 278 g/mol. The van der Waals surface area contributed by atoms with Gasteiger partial charge in [0.25, 0.3) is 0 Å². The lowest BCUT2D eigenvalue weighted by atomic mass is 10.0. The van der Waals surface area contributed by atoms with Crippen LogP contribution in [-0.4, -0.2) is 25.6 Å². The minimum absolute atomic E-state index is 0.0525. The van der Waals surface area contributed by atoms with Crippen LogP contribution in [0, 0.1) is 5.92 Å². The van der Waals surface area contributed by atoms with Crippen molar-refractivity contribution in [2.24, 2.45) is 11.7 Å². The molecule has 4 nitrogen and oxygen atoms in total. The molecule has 0 aliphatic carbocycles. The molecule has 20 heavy (non-hydrogen) atoms. The van der Waals surface area contributed by atoms with Crippen LogP contribution in [0.1, 0.15) is 32.3 Å². The number of carbonyl (C=O) groups is 1. The smallest absolute Gasteiger partial charge is 0.224 e. The fourth-order valence-corrected chi connectivity index (χ4v) is 2.32. The molecule has 0 aliphatic heterocycles. The highest BCUT2D eigenvalue weighted by Gasteiger charge is 2.18. The second-order valence-electron chi connectivity index (χ2n) is 5.15. The third-order valence-electron chi connectivity index (χ3n) is 3.40. The zero-order valence-electron chi connectivity index (χ0n) is 12.7. The van der Waals surface area contributed by atoms with Gasteiger partial charge >= 0.3 is 0 Å². The SMILES string of the molecule is CCCC(CN)C(=O)NC(C)Cc1ccccc1OC. The lowest BCUT2D eigenvalue weighted by molar-refractivity contribution is -0.125. The molecular formula is C16H26N2O2. The number of amides is 1. The van der Waals surface area contributed by atoms with E-state index in [1.807, 2.05) is 31.2 Å². The number of para-hydroxylation sites is 1. The van der Waals surface area contributed by atoms with Crippen molar-refractivity contribution in [1.29, 1.82) is 0 Å². The predicted octanol–water partition coefficient (Wildman–Crippen LogP) is 2.12. The van der Waals surface area contributed by atoms with Gasteiger partial charge < -0.3 is 15.8 Å². The van der Waals surface area contributed by atoms with Crippen LogP contribution in [0.2, 0.25) is 0 Å². The average molecular weight is 278 g/mol. The molecule has 4 heteroatoms. The summed E-state index contributed by atoms with van der Waals surface area (Å²) in [7, 11) is 1.66. The second-order valence-corrected chi connectivity index (χ2v) is 5.15. The van der Waals surface area contributed by atoms with Gasteiger partial charge in [0.15, 0.2) is 0 Å². The fourth-order valence-electron chi connectivity index (χ4n) is 2.32. The van der Waals surface area contributed by atoms with Gasteiger partial charge in [0.1, 0.15) is 5.75 Å². The van der Waals surface area contributed by atoms with Gasteiger partial charge in [-0.1, -0.05) is 31.5 Å². The van der Waals surface area contributed by atoms with Gasteiger partial charge in [-0.25, -0.2) is 0 Å². The molecule has 0 spiro atoms. The molecule has 1 aromatic carbocycles. The molecule has 0 radical (unpaired) electrons. The van der Waals surface area contributed by atoms with Gasteiger partial charge in [-0.15, -0.1) is 0 Å². The number of nitrogens with two attached hydrogens (primary N) is 1. The number of methoxy groups -OCH3 is 1. The van der Waals surface area contributed by atoms with Crippen LogP contribution in [0.15, 0.2) is 24.3 Å². The maximum atomic E-state index is 12.1. The van der Waals surface area contributed by atoms with Crippen LogP contribution in [0.5, 0.6) is 5.75 Å². The van der Waals surface area contributed by atoms with Gasteiger partial charge in [-0.3, -0.25) is 4.79 Å². The number of hydrogen-bond acceptors (Lipinski definition) is 3. The number of nitrogens with one attached hydrogen (secondary N) is 1. The van der Waals surface area contributed by atoms with Gasteiger partial charge in [-0.2, -0.15) is 0 Å². The Balaban J connectivity index is 2.58. The molecule has 0 aliphatic rings. The lowest BCUT2D eigenvalue weighted by Gasteiger charge is -2.19. The summed E-state index contributed by atoms with van der Waals surface area (Å²) in [5, 5.41) is 3.04. The highest BCUT2D eigenvalue weighted by Crippen LogP contribution is 2.19. The molecule has 3 N–H and O–H groups in total. The predicted molar refractivity (Wildman–Crippen MR) is 81.8 cm³/mol. The fraction of sp³-hybridized carbons (Fsp3) is 0.562. The van der Waals surface area contributed by atoms with Crippen molar-refractivity contribution in [2.75, 3.05) is 13.7 Å². The molecule has 0 aromatic heterocycles. The van der Waals surface area contributed by atoms with E-state index in [0.717, 1.165) is 30.6 Å². The number of carbonyl (C=O) groups excluding carboxylic acids is 1. The van der Waals surface area contributed by atoms with Crippen LogP contribution in [-0.2, 0) is 11.2 Å². The van der Waals surface area contributed by atoms with Crippen molar-refractivity contribution >= 4 is 5.91 Å². The summed E-state index contributed by atoms with van der Waals surface area (Å²) in [5.74, 6) is 0.828. The molecule has 0 saturated carbocycles. The van der Waals surface area contributed by atoms with Crippen molar-refractivity contribution < 1.29 is 9.53 Å². The minimum Gasteiger partial charge on any atom is -0.496 e. The summed E-state index contributed by atoms with van der Waals surface area (Å²) in [6.45, 7) is 4.47. The standard InChI is InChI=1S/C16H26N2O2/c1-4-7-14(11-17)16(19)18-12(2)10-13-8-5-6-9-15(13)20-3/h5-6,8-9,12,14H,4,7,10-11,17H2,1-3H3,(H,18,19). The lowest BCUT2D eigenvalue weighted by Crippen LogP contribution is -2.40. The van der Waals surface area contributed by atoms with E-state index < -0.39 is 0 Å². The molecule has 2 unspecified atom stereocenters. The van der Waals surface area contributed by atoms with Crippen molar-refractivity contribution in [1.82, 2.24) is 5.32 Å². The van der Waals surface area contributed by atoms with E-state index in [1.54, 1.807) is 7.11 Å². The summed E-state index contributed by atoms with van der Waals surface area (Å²) in [6, 6.07) is 7.94. The number of benzene rings is 1. The van der Waals surface area contributed by atoms with Crippen LogP contribution >= 0.6 is 0 Å². The summed E-state index contributed by atoms with van der Waals surface area (Å²) >= 11 is 0. The Morgan fingerprint density at radius 3 is 2.70 bits per heavy atom. The number of hydrogen-bond donors (Lipinski definition) is 2. The topological polar surface area (TPSA) is 64.4 Å². The van der Waals surface area contributed by atoms with E-state index >= 15 is 0 Å². The maximum Gasteiger partial charge on any atom is 0.224 e. The maximum absolute atomic E-state index is 12.1. The molecule has 0 heterocycles.